The SMILES string of the molecule is COc1cc(OC)cc(C(=O)Nc2nc3c(s2)CSc2ccccc2-3)c1. The van der Waals surface area contributed by atoms with E-state index in [1.807, 2.05) is 12.1 Å². The van der Waals surface area contributed by atoms with E-state index in [2.05, 4.69) is 22.4 Å². The van der Waals surface area contributed by atoms with Crippen LogP contribution < -0.4 is 14.8 Å². The summed E-state index contributed by atoms with van der Waals surface area (Å²) in [6, 6.07) is 13.3. The molecule has 1 aromatic heterocycles. The third kappa shape index (κ3) is 3.15. The fourth-order valence-corrected chi connectivity index (χ4v) is 4.85. The van der Waals surface area contributed by atoms with Crippen LogP contribution in [0.5, 0.6) is 11.5 Å². The first-order chi connectivity index (χ1) is 12.7. The summed E-state index contributed by atoms with van der Waals surface area (Å²) in [5, 5.41) is 3.49. The van der Waals surface area contributed by atoms with Crippen LogP contribution in [-0.2, 0) is 5.75 Å². The number of anilines is 1. The number of carbonyl (C=O) groups excluding carboxylic acids is 1. The van der Waals surface area contributed by atoms with Crippen LogP contribution in [0.2, 0.25) is 0 Å². The second-order valence-electron chi connectivity index (χ2n) is 5.63. The fourth-order valence-electron chi connectivity index (χ4n) is 2.75. The van der Waals surface area contributed by atoms with Crippen molar-refractivity contribution in [3.05, 3.63) is 52.9 Å². The van der Waals surface area contributed by atoms with Crippen molar-refractivity contribution in [3.63, 3.8) is 0 Å². The molecule has 0 saturated carbocycles. The van der Waals surface area contributed by atoms with Gasteiger partial charge in [0, 0.05) is 32.7 Å². The molecule has 0 saturated heterocycles. The molecule has 1 N–H and O–H groups in total. The van der Waals surface area contributed by atoms with Gasteiger partial charge in [0.25, 0.3) is 5.91 Å². The number of amides is 1. The third-order valence-corrected chi connectivity index (χ3v) is 6.29. The lowest BCUT2D eigenvalue weighted by atomic mass is 10.1. The van der Waals surface area contributed by atoms with Crippen molar-refractivity contribution in [3.8, 4) is 22.8 Å². The zero-order chi connectivity index (χ0) is 18.1. The molecular formula is C19H16N2O3S2. The molecule has 7 heteroatoms. The summed E-state index contributed by atoms with van der Waals surface area (Å²) in [5.41, 5.74) is 2.55. The fraction of sp³-hybridized carbons (Fsp3) is 0.158. The maximum Gasteiger partial charge on any atom is 0.257 e. The minimum atomic E-state index is -0.241. The van der Waals surface area contributed by atoms with E-state index in [0.29, 0.717) is 22.2 Å². The second kappa shape index (κ2) is 7.01. The monoisotopic (exact) mass is 384 g/mol. The van der Waals surface area contributed by atoms with Gasteiger partial charge < -0.3 is 9.47 Å². The van der Waals surface area contributed by atoms with Crippen molar-refractivity contribution in [1.29, 1.82) is 0 Å². The lowest BCUT2D eigenvalue weighted by molar-refractivity contribution is 0.102. The molecule has 0 aliphatic carbocycles. The number of rotatable bonds is 4. The maximum atomic E-state index is 12.6. The molecule has 0 unspecified atom stereocenters. The molecule has 1 aliphatic heterocycles. The van der Waals surface area contributed by atoms with E-state index < -0.39 is 0 Å². The van der Waals surface area contributed by atoms with Crippen LogP contribution >= 0.6 is 23.1 Å². The summed E-state index contributed by atoms with van der Waals surface area (Å²) in [4.78, 5) is 19.7. The average molecular weight is 384 g/mol. The molecule has 0 bridgehead atoms. The first-order valence-corrected chi connectivity index (χ1v) is 9.74. The van der Waals surface area contributed by atoms with Gasteiger partial charge in [-0.05, 0) is 18.2 Å². The highest BCUT2D eigenvalue weighted by atomic mass is 32.2. The van der Waals surface area contributed by atoms with E-state index in [1.54, 1.807) is 44.2 Å². The first kappa shape index (κ1) is 16.9. The quantitative estimate of drug-likeness (QED) is 0.707. The van der Waals surface area contributed by atoms with Crippen LogP contribution in [0.25, 0.3) is 11.3 Å². The molecule has 2 heterocycles. The number of nitrogens with zero attached hydrogens (tertiary/aromatic N) is 1. The molecular weight excluding hydrogens is 368 g/mol. The Morgan fingerprint density at radius 2 is 1.85 bits per heavy atom. The summed E-state index contributed by atoms with van der Waals surface area (Å²) in [6.45, 7) is 0. The van der Waals surface area contributed by atoms with Gasteiger partial charge in [-0.2, -0.15) is 0 Å². The molecule has 0 atom stereocenters. The molecule has 1 aliphatic rings. The van der Waals surface area contributed by atoms with E-state index in [4.69, 9.17) is 9.47 Å². The lowest BCUT2D eigenvalue weighted by Gasteiger charge is -2.13. The van der Waals surface area contributed by atoms with E-state index >= 15 is 0 Å². The Bertz CT molecular complexity index is 962. The molecule has 2 aromatic carbocycles. The van der Waals surface area contributed by atoms with Crippen LogP contribution in [0, 0.1) is 0 Å². The van der Waals surface area contributed by atoms with Crippen LogP contribution in [0.15, 0.2) is 47.4 Å². The number of thioether (sulfide) groups is 1. The van der Waals surface area contributed by atoms with Gasteiger partial charge in [0.15, 0.2) is 5.13 Å². The molecule has 1 amide bonds. The maximum absolute atomic E-state index is 12.6. The number of benzene rings is 2. The molecule has 5 nitrogen and oxygen atoms in total. The van der Waals surface area contributed by atoms with Crippen LogP contribution in [-0.4, -0.2) is 25.1 Å². The number of methoxy groups -OCH3 is 2. The number of carbonyl (C=O) groups is 1. The van der Waals surface area contributed by atoms with Gasteiger partial charge in [0.05, 0.1) is 19.9 Å². The number of nitrogens with one attached hydrogen (secondary N) is 1. The van der Waals surface area contributed by atoms with E-state index in [-0.39, 0.29) is 5.91 Å². The molecule has 4 rings (SSSR count). The zero-order valence-electron chi connectivity index (χ0n) is 14.2. The third-order valence-electron chi connectivity index (χ3n) is 4.03. The molecule has 132 valence electrons. The van der Waals surface area contributed by atoms with Crippen molar-refractivity contribution >= 4 is 34.1 Å². The summed E-state index contributed by atoms with van der Waals surface area (Å²) in [6.07, 6.45) is 0. The zero-order valence-corrected chi connectivity index (χ0v) is 15.9. The summed E-state index contributed by atoms with van der Waals surface area (Å²) in [5.74, 6) is 1.76. The molecule has 26 heavy (non-hydrogen) atoms. The molecule has 0 spiro atoms. The Balaban J connectivity index is 1.61. The largest absolute Gasteiger partial charge is 0.497 e. The van der Waals surface area contributed by atoms with E-state index in [9.17, 15) is 4.79 Å². The first-order valence-electron chi connectivity index (χ1n) is 7.94. The van der Waals surface area contributed by atoms with Crippen molar-refractivity contribution < 1.29 is 14.3 Å². The predicted molar refractivity (Wildman–Crippen MR) is 105 cm³/mol. The Hall–Kier alpha value is -2.51. The Morgan fingerprint density at radius 1 is 1.12 bits per heavy atom. The summed E-state index contributed by atoms with van der Waals surface area (Å²) >= 11 is 3.31. The Morgan fingerprint density at radius 3 is 2.58 bits per heavy atom. The highest BCUT2D eigenvalue weighted by Gasteiger charge is 2.22. The average Bonchev–Trinajstić information content (AvgIpc) is 3.10. The minimum Gasteiger partial charge on any atom is -0.497 e. The van der Waals surface area contributed by atoms with Crippen molar-refractivity contribution in [1.82, 2.24) is 4.98 Å². The van der Waals surface area contributed by atoms with Gasteiger partial charge >= 0.3 is 0 Å². The number of hydrogen-bond acceptors (Lipinski definition) is 6. The van der Waals surface area contributed by atoms with Gasteiger partial charge in [0.1, 0.15) is 11.5 Å². The highest BCUT2D eigenvalue weighted by molar-refractivity contribution is 7.98. The predicted octanol–water partition coefficient (Wildman–Crippen LogP) is 4.69. The standard InChI is InChI=1S/C19H16N2O3S2/c1-23-12-7-11(8-13(9-12)24-2)18(22)21-19-20-17-14-5-3-4-6-15(14)25-10-16(17)26-19/h3-9H,10H2,1-2H3,(H,20,21,22). The smallest absolute Gasteiger partial charge is 0.257 e. The summed E-state index contributed by atoms with van der Waals surface area (Å²) in [7, 11) is 3.11. The highest BCUT2D eigenvalue weighted by Crippen LogP contribution is 2.44. The number of ether oxygens (including phenoxy) is 2. The molecule has 0 radical (unpaired) electrons. The minimum absolute atomic E-state index is 0.241. The number of fused-ring (bicyclic) bond motifs is 3. The van der Waals surface area contributed by atoms with Crippen LogP contribution in [0.1, 0.15) is 15.2 Å². The number of aromatic nitrogens is 1. The van der Waals surface area contributed by atoms with Crippen molar-refractivity contribution in [2.24, 2.45) is 0 Å². The Labute approximate surface area is 159 Å². The lowest BCUT2D eigenvalue weighted by Crippen LogP contribution is -2.12. The van der Waals surface area contributed by atoms with Gasteiger partial charge in [-0.3, -0.25) is 10.1 Å². The van der Waals surface area contributed by atoms with Crippen LogP contribution in [0.4, 0.5) is 5.13 Å². The van der Waals surface area contributed by atoms with E-state index in [1.165, 1.54) is 21.1 Å². The van der Waals surface area contributed by atoms with Gasteiger partial charge in [-0.1, -0.05) is 18.2 Å². The van der Waals surface area contributed by atoms with Crippen LogP contribution in [0.3, 0.4) is 0 Å². The molecule has 3 aromatic rings. The van der Waals surface area contributed by atoms with Crippen molar-refractivity contribution in [2.45, 2.75) is 10.6 Å². The van der Waals surface area contributed by atoms with E-state index in [0.717, 1.165) is 17.0 Å². The number of hydrogen-bond donors (Lipinski definition) is 1. The van der Waals surface area contributed by atoms with Gasteiger partial charge in [0.2, 0.25) is 0 Å². The topological polar surface area (TPSA) is 60.5 Å². The van der Waals surface area contributed by atoms with Crippen molar-refractivity contribution in [2.75, 3.05) is 19.5 Å². The van der Waals surface area contributed by atoms with Gasteiger partial charge in [-0.15, -0.1) is 23.1 Å². The summed E-state index contributed by atoms with van der Waals surface area (Å²) < 4.78 is 10.5. The number of thiazole rings is 1. The van der Waals surface area contributed by atoms with Gasteiger partial charge in [-0.25, -0.2) is 4.98 Å². The Kier molecular flexibility index (Phi) is 4.57. The molecule has 0 fully saturated rings. The second-order valence-corrected chi connectivity index (χ2v) is 7.73. The normalized spacial score (nSPS) is 12.1.